The number of carbonyl (C=O) groups is 1. The third-order valence-corrected chi connectivity index (χ3v) is 7.27. The first kappa shape index (κ1) is 18.8. The van der Waals surface area contributed by atoms with E-state index in [9.17, 15) is 4.79 Å². The van der Waals surface area contributed by atoms with Crippen LogP contribution in [0.25, 0.3) is 0 Å². The Morgan fingerprint density at radius 2 is 2.10 bits per heavy atom. The number of amides is 1. The number of nitrogens with one attached hydrogen (secondary N) is 2. The second kappa shape index (κ2) is 7.92. The molecule has 5 rings (SSSR count). The zero-order valence-corrected chi connectivity index (χ0v) is 17.5. The zero-order chi connectivity index (χ0) is 19.7. The second-order valence-corrected chi connectivity index (χ2v) is 9.29. The summed E-state index contributed by atoms with van der Waals surface area (Å²) < 4.78 is 0. The monoisotopic (exact) mass is 408 g/mol. The van der Waals surface area contributed by atoms with Crippen molar-refractivity contribution in [3.8, 4) is 0 Å². The van der Waals surface area contributed by atoms with E-state index in [0.29, 0.717) is 19.0 Å². The predicted octanol–water partition coefficient (Wildman–Crippen LogP) is 3.82. The highest BCUT2D eigenvalue weighted by atomic mass is 32.1. The Hall–Kier alpha value is -2.18. The maximum Gasteiger partial charge on any atom is 0.227 e. The standard InChI is InChI=1S/C23H28N4OS/c28-21(13-17-9-12-29-15-17)27-11-10-23(16-27)22(25-19-6-2-3-7-19)26-20-8-4-1-5-18(20)14-24-23/h1,4-5,8-9,12,15,19,24H,2-3,6-7,10-11,13-14,16H2,(H,25,26). The molecule has 3 heterocycles. The second-order valence-electron chi connectivity index (χ2n) is 8.51. The lowest BCUT2D eigenvalue weighted by atomic mass is 9.96. The van der Waals surface area contributed by atoms with E-state index in [1.807, 2.05) is 16.3 Å². The van der Waals surface area contributed by atoms with E-state index in [-0.39, 0.29) is 11.4 Å². The largest absolute Gasteiger partial charge is 0.342 e. The van der Waals surface area contributed by atoms with Gasteiger partial charge in [0.25, 0.3) is 0 Å². The topological polar surface area (TPSA) is 56.7 Å². The molecule has 1 amide bonds. The van der Waals surface area contributed by atoms with Gasteiger partial charge in [-0.15, -0.1) is 0 Å². The third kappa shape index (κ3) is 3.83. The molecular formula is C23H28N4OS. The minimum Gasteiger partial charge on any atom is -0.342 e. The van der Waals surface area contributed by atoms with E-state index in [4.69, 9.17) is 4.99 Å². The summed E-state index contributed by atoms with van der Waals surface area (Å²) in [5.74, 6) is 1.24. The number of nitrogens with zero attached hydrogens (tertiary/aromatic N) is 2. The van der Waals surface area contributed by atoms with Crippen LogP contribution in [0.1, 0.15) is 43.2 Å². The van der Waals surface area contributed by atoms with Crippen molar-refractivity contribution in [1.82, 2.24) is 10.2 Å². The van der Waals surface area contributed by atoms with Gasteiger partial charge in [0.2, 0.25) is 5.91 Å². The van der Waals surface area contributed by atoms with Crippen LogP contribution < -0.4 is 10.6 Å². The number of hydrogen-bond acceptors (Lipinski definition) is 4. The molecule has 1 aromatic carbocycles. The van der Waals surface area contributed by atoms with E-state index < -0.39 is 0 Å². The molecule has 1 saturated heterocycles. The number of hydrogen-bond donors (Lipinski definition) is 2. The molecule has 1 unspecified atom stereocenters. The smallest absolute Gasteiger partial charge is 0.227 e. The number of benzene rings is 1. The van der Waals surface area contributed by atoms with E-state index in [2.05, 4.69) is 40.3 Å². The first-order valence-corrected chi connectivity index (χ1v) is 11.6. The highest BCUT2D eigenvalue weighted by molar-refractivity contribution is 7.08. The van der Waals surface area contributed by atoms with Crippen LogP contribution in [0.2, 0.25) is 0 Å². The number of para-hydroxylation sites is 1. The SMILES string of the molecule is O=C(Cc1ccsc1)N1CCC2(C1)NCc1ccccc1NC2=NC1CCCC1. The van der Waals surface area contributed by atoms with Gasteiger partial charge in [-0.1, -0.05) is 31.0 Å². The number of anilines is 1. The van der Waals surface area contributed by atoms with Gasteiger partial charge in [0.05, 0.1) is 18.0 Å². The van der Waals surface area contributed by atoms with Gasteiger partial charge in [0.1, 0.15) is 5.84 Å². The summed E-state index contributed by atoms with van der Waals surface area (Å²) in [6, 6.07) is 10.9. The lowest BCUT2D eigenvalue weighted by Crippen LogP contribution is -2.55. The molecule has 0 radical (unpaired) electrons. The van der Waals surface area contributed by atoms with Gasteiger partial charge in [0.15, 0.2) is 0 Å². The molecule has 1 aromatic heterocycles. The van der Waals surface area contributed by atoms with Crippen molar-refractivity contribution in [3.63, 3.8) is 0 Å². The summed E-state index contributed by atoms with van der Waals surface area (Å²) in [6.07, 6.45) is 6.26. The van der Waals surface area contributed by atoms with Crippen molar-refractivity contribution in [2.45, 2.75) is 56.7 Å². The van der Waals surface area contributed by atoms with Crippen molar-refractivity contribution in [2.24, 2.45) is 4.99 Å². The summed E-state index contributed by atoms with van der Waals surface area (Å²) in [6.45, 7) is 2.25. The minimum absolute atomic E-state index is 0.212. The maximum atomic E-state index is 12.9. The van der Waals surface area contributed by atoms with Crippen molar-refractivity contribution in [3.05, 3.63) is 52.2 Å². The highest BCUT2D eigenvalue weighted by Gasteiger charge is 2.45. The van der Waals surface area contributed by atoms with Crippen LogP contribution in [-0.2, 0) is 17.8 Å². The maximum absolute atomic E-state index is 12.9. The summed E-state index contributed by atoms with van der Waals surface area (Å²) in [4.78, 5) is 20.2. The van der Waals surface area contributed by atoms with Crippen LogP contribution in [0.3, 0.4) is 0 Å². The lowest BCUT2D eigenvalue weighted by molar-refractivity contribution is -0.129. The Kier molecular flexibility index (Phi) is 5.14. The molecule has 3 aliphatic rings. The van der Waals surface area contributed by atoms with Crippen LogP contribution in [0.15, 0.2) is 46.1 Å². The first-order valence-electron chi connectivity index (χ1n) is 10.7. The predicted molar refractivity (Wildman–Crippen MR) is 119 cm³/mol. The summed E-state index contributed by atoms with van der Waals surface area (Å²) in [5.41, 5.74) is 3.22. The van der Waals surface area contributed by atoms with Gasteiger partial charge in [-0.05, 0) is 53.3 Å². The normalized spacial score (nSPS) is 25.9. The van der Waals surface area contributed by atoms with Crippen molar-refractivity contribution < 1.29 is 4.79 Å². The average molecular weight is 409 g/mol. The number of fused-ring (bicyclic) bond motifs is 1. The van der Waals surface area contributed by atoms with E-state index in [0.717, 1.165) is 36.6 Å². The molecule has 1 aliphatic carbocycles. The van der Waals surface area contributed by atoms with Gasteiger partial charge in [-0.3, -0.25) is 15.1 Å². The van der Waals surface area contributed by atoms with Gasteiger partial charge in [-0.2, -0.15) is 11.3 Å². The molecule has 29 heavy (non-hydrogen) atoms. The highest BCUT2D eigenvalue weighted by Crippen LogP contribution is 2.32. The molecule has 1 atom stereocenters. The van der Waals surface area contributed by atoms with Crippen LogP contribution in [0.4, 0.5) is 5.69 Å². The van der Waals surface area contributed by atoms with E-state index >= 15 is 0 Å². The molecule has 152 valence electrons. The fourth-order valence-electron chi connectivity index (χ4n) is 4.80. The Bertz CT molecular complexity index is 903. The first-order chi connectivity index (χ1) is 14.2. The number of thiophene rings is 1. The molecule has 0 bridgehead atoms. The number of aliphatic imine (C=N–C) groups is 1. The van der Waals surface area contributed by atoms with Crippen LogP contribution >= 0.6 is 11.3 Å². The number of carbonyl (C=O) groups excluding carboxylic acids is 1. The Balaban J connectivity index is 1.41. The molecule has 5 nitrogen and oxygen atoms in total. The quantitative estimate of drug-likeness (QED) is 0.812. The summed E-state index contributed by atoms with van der Waals surface area (Å²) in [5, 5.41) is 11.6. The van der Waals surface area contributed by atoms with Gasteiger partial charge >= 0.3 is 0 Å². The number of amidine groups is 1. The van der Waals surface area contributed by atoms with Gasteiger partial charge in [0, 0.05) is 25.3 Å². The molecule has 1 spiro atoms. The molecular weight excluding hydrogens is 380 g/mol. The molecule has 1 saturated carbocycles. The fourth-order valence-corrected chi connectivity index (χ4v) is 5.47. The molecule has 2 aromatic rings. The number of likely N-dealkylation sites (tertiary alicyclic amines) is 1. The average Bonchev–Trinajstić information content (AvgIpc) is 3.47. The molecule has 2 aliphatic heterocycles. The third-order valence-electron chi connectivity index (χ3n) is 6.53. The Labute approximate surface area is 176 Å². The van der Waals surface area contributed by atoms with Gasteiger partial charge in [-0.25, -0.2) is 0 Å². The van der Waals surface area contributed by atoms with Crippen LogP contribution in [0, 0.1) is 0 Å². The van der Waals surface area contributed by atoms with Crippen LogP contribution in [-0.4, -0.2) is 41.3 Å². The Morgan fingerprint density at radius 1 is 1.24 bits per heavy atom. The lowest BCUT2D eigenvalue weighted by Gasteiger charge is -2.31. The van der Waals surface area contributed by atoms with Crippen LogP contribution in [0.5, 0.6) is 0 Å². The summed E-state index contributed by atoms with van der Waals surface area (Å²) in [7, 11) is 0. The Morgan fingerprint density at radius 3 is 2.93 bits per heavy atom. The van der Waals surface area contributed by atoms with Gasteiger partial charge < -0.3 is 10.2 Å². The van der Waals surface area contributed by atoms with Crippen molar-refractivity contribution in [2.75, 3.05) is 18.4 Å². The molecule has 2 fully saturated rings. The zero-order valence-electron chi connectivity index (χ0n) is 16.7. The van der Waals surface area contributed by atoms with Crippen molar-refractivity contribution >= 4 is 28.8 Å². The summed E-state index contributed by atoms with van der Waals surface area (Å²) >= 11 is 1.65. The van der Waals surface area contributed by atoms with Crippen molar-refractivity contribution in [1.29, 1.82) is 0 Å². The number of rotatable bonds is 3. The fraction of sp³-hybridized carbons (Fsp3) is 0.478. The molecule has 2 N–H and O–H groups in total. The van der Waals surface area contributed by atoms with E-state index in [1.54, 1.807) is 11.3 Å². The van der Waals surface area contributed by atoms with E-state index in [1.165, 1.54) is 31.2 Å². The molecule has 6 heteroatoms. The minimum atomic E-state index is -0.286.